The third-order valence-corrected chi connectivity index (χ3v) is 15.1. The van der Waals surface area contributed by atoms with Crippen LogP contribution in [0.1, 0.15) is 47.2 Å². The van der Waals surface area contributed by atoms with Crippen LogP contribution in [0.4, 0.5) is 28.4 Å². The van der Waals surface area contributed by atoms with Crippen LogP contribution >= 0.6 is 0 Å². The Hall–Kier alpha value is -8.40. The van der Waals surface area contributed by atoms with Crippen LogP contribution in [0, 0.1) is 0 Å². The highest BCUT2D eigenvalue weighted by Gasteiger charge is 2.54. The highest BCUT2D eigenvalue weighted by atomic mass is 16.3. The second kappa shape index (κ2) is 14.1. The van der Waals surface area contributed by atoms with Crippen molar-refractivity contribution in [2.24, 2.45) is 0 Å². The highest BCUT2D eigenvalue weighted by Crippen LogP contribution is 2.67. The van der Waals surface area contributed by atoms with Gasteiger partial charge in [0.15, 0.2) is 0 Å². The van der Waals surface area contributed by atoms with Crippen molar-refractivity contribution in [3.63, 3.8) is 0 Å². The maximum Gasteiger partial charge on any atom is 0.143 e. The zero-order valence-corrected chi connectivity index (χ0v) is 37.2. The van der Waals surface area contributed by atoms with E-state index in [0.717, 1.165) is 50.4 Å². The van der Waals surface area contributed by atoms with Crippen LogP contribution in [0.3, 0.4) is 0 Å². The quantitative estimate of drug-likeness (QED) is 0.181. The minimum atomic E-state index is -0.640. The van der Waals surface area contributed by atoms with Crippen molar-refractivity contribution in [1.82, 2.24) is 0 Å². The first kappa shape index (κ1) is 37.9. The van der Waals surface area contributed by atoms with Crippen molar-refractivity contribution >= 4 is 50.4 Å². The molecule has 0 aliphatic heterocycles. The Morgan fingerprint density at radius 1 is 0.403 bits per heavy atom. The van der Waals surface area contributed by atoms with E-state index in [1.807, 2.05) is 0 Å². The van der Waals surface area contributed by atoms with Crippen molar-refractivity contribution in [1.29, 1.82) is 0 Å². The Labute approximate surface area is 390 Å². The van der Waals surface area contributed by atoms with Gasteiger partial charge < -0.3 is 14.6 Å². The van der Waals surface area contributed by atoms with E-state index in [1.54, 1.807) is 0 Å². The minimum Gasteiger partial charge on any atom is -0.455 e. The van der Waals surface area contributed by atoms with Gasteiger partial charge in [-0.25, -0.2) is 0 Å². The number of para-hydroxylation sites is 2. The number of nitrogens with zero attached hydrogens (tertiary/aromatic N) is 1. The molecule has 3 aliphatic carbocycles. The summed E-state index contributed by atoms with van der Waals surface area (Å²) in [6, 6.07) is 82.4. The maximum absolute atomic E-state index is 6.91. The molecule has 10 aromatic carbocycles. The van der Waals surface area contributed by atoms with Crippen LogP contribution in [0.25, 0.3) is 66.4 Å². The zero-order valence-electron chi connectivity index (χ0n) is 37.2. The van der Waals surface area contributed by atoms with Gasteiger partial charge in [-0.1, -0.05) is 184 Å². The second-order valence-electron chi connectivity index (χ2n) is 18.8. The molecule has 1 N–H and O–H groups in total. The molecule has 1 aromatic heterocycles. The Kier molecular flexibility index (Phi) is 7.95. The van der Waals surface area contributed by atoms with Crippen molar-refractivity contribution in [3.05, 3.63) is 258 Å². The summed E-state index contributed by atoms with van der Waals surface area (Å²) < 4.78 is 6.91. The molecule has 316 valence electrons. The lowest BCUT2D eigenvalue weighted by Gasteiger charge is -2.32. The van der Waals surface area contributed by atoms with Crippen molar-refractivity contribution in [3.8, 4) is 44.5 Å². The SMILES string of the molecule is CC1(C)c2ccccc2-c2ccc(N(c3ccccc3)c3cccc4c3-c3c(Nc5ccc(-c6ccccc6)cc5)cccc3C43c4ccccc4-c4c3ccc3c4oc4ccccc43)cc21. The predicted octanol–water partition coefficient (Wildman–Crippen LogP) is 17.1. The molecule has 0 bridgehead atoms. The van der Waals surface area contributed by atoms with Crippen LogP contribution in [-0.2, 0) is 10.8 Å². The molecule has 0 saturated heterocycles. The van der Waals surface area contributed by atoms with Gasteiger partial charge in [0, 0.05) is 55.6 Å². The monoisotopic (exact) mass is 856 g/mol. The normalized spacial score (nSPS) is 15.5. The maximum atomic E-state index is 6.91. The van der Waals surface area contributed by atoms with Crippen LogP contribution < -0.4 is 10.2 Å². The van der Waals surface area contributed by atoms with Crippen LogP contribution in [0.5, 0.6) is 0 Å². The third-order valence-electron chi connectivity index (χ3n) is 15.1. The lowest BCUT2D eigenvalue weighted by molar-refractivity contribution is 0.660. The smallest absolute Gasteiger partial charge is 0.143 e. The van der Waals surface area contributed by atoms with Gasteiger partial charge in [-0.15, -0.1) is 0 Å². The molecule has 0 radical (unpaired) electrons. The average molecular weight is 857 g/mol. The highest BCUT2D eigenvalue weighted by molar-refractivity contribution is 6.14. The van der Waals surface area contributed by atoms with Gasteiger partial charge in [0.1, 0.15) is 11.2 Å². The molecular formula is C64H44N2O. The van der Waals surface area contributed by atoms with E-state index in [9.17, 15) is 0 Å². The molecule has 67 heavy (non-hydrogen) atoms. The molecular weight excluding hydrogens is 813 g/mol. The summed E-state index contributed by atoms with van der Waals surface area (Å²) in [4.78, 5) is 2.50. The lowest BCUT2D eigenvalue weighted by atomic mass is 9.70. The molecule has 1 heterocycles. The van der Waals surface area contributed by atoms with E-state index in [2.05, 4.69) is 249 Å². The Morgan fingerprint density at radius 3 is 1.85 bits per heavy atom. The van der Waals surface area contributed by atoms with Gasteiger partial charge in [0.2, 0.25) is 0 Å². The fraction of sp³-hybridized carbons (Fsp3) is 0.0625. The molecule has 3 aliphatic rings. The molecule has 1 atom stereocenters. The van der Waals surface area contributed by atoms with Gasteiger partial charge in [-0.05, 0) is 116 Å². The Balaban J connectivity index is 1.05. The first-order valence-corrected chi connectivity index (χ1v) is 23.3. The predicted molar refractivity (Wildman–Crippen MR) is 277 cm³/mol. The van der Waals surface area contributed by atoms with Gasteiger partial charge in [-0.3, -0.25) is 0 Å². The van der Waals surface area contributed by atoms with E-state index in [4.69, 9.17) is 4.42 Å². The summed E-state index contributed by atoms with van der Waals surface area (Å²) in [6.07, 6.45) is 0. The number of hydrogen-bond acceptors (Lipinski definition) is 3. The summed E-state index contributed by atoms with van der Waals surface area (Å²) >= 11 is 0. The van der Waals surface area contributed by atoms with E-state index in [-0.39, 0.29) is 5.41 Å². The first-order chi connectivity index (χ1) is 33.0. The summed E-state index contributed by atoms with van der Waals surface area (Å²) in [5, 5.41) is 6.26. The number of nitrogens with one attached hydrogen (secondary N) is 1. The van der Waals surface area contributed by atoms with E-state index < -0.39 is 5.41 Å². The number of anilines is 5. The molecule has 3 nitrogen and oxygen atoms in total. The Bertz CT molecular complexity index is 3810. The number of furan rings is 1. The molecule has 1 unspecified atom stereocenters. The zero-order chi connectivity index (χ0) is 44.4. The van der Waals surface area contributed by atoms with Crippen molar-refractivity contribution < 1.29 is 4.42 Å². The average Bonchev–Trinajstić information content (AvgIpc) is 4.07. The molecule has 1 spiro atoms. The summed E-state index contributed by atoms with van der Waals surface area (Å²) in [6.45, 7) is 4.74. The molecule has 0 saturated carbocycles. The van der Waals surface area contributed by atoms with E-state index in [1.165, 1.54) is 77.9 Å². The van der Waals surface area contributed by atoms with Gasteiger partial charge in [0.25, 0.3) is 0 Å². The van der Waals surface area contributed by atoms with E-state index in [0.29, 0.717) is 0 Å². The van der Waals surface area contributed by atoms with Crippen LogP contribution in [0.15, 0.2) is 229 Å². The van der Waals surface area contributed by atoms with Gasteiger partial charge in [0.05, 0.1) is 11.1 Å². The minimum absolute atomic E-state index is 0.161. The van der Waals surface area contributed by atoms with E-state index >= 15 is 0 Å². The summed E-state index contributed by atoms with van der Waals surface area (Å²) in [5.74, 6) is 0. The molecule has 11 aromatic rings. The number of fused-ring (bicyclic) bond motifs is 17. The van der Waals surface area contributed by atoms with Crippen LogP contribution in [-0.4, -0.2) is 0 Å². The third kappa shape index (κ3) is 5.23. The van der Waals surface area contributed by atoms with Crippen LogP contribution in [0.2, 0.25) is 0 Å². The molecule has 0 fully saturated rings. The topological polar surface area (TPSA) is 28.4 Å². The number of benzene rings is 10. The molecule has 3 heteroatoms. The summed E-state index contributed by atoms with van der Waals surface area (Å²) in [5.41, 5.74) is 24.0. The van der Waals surface area contributed by atoms with Gasteiger partial charge >= 0.3 is 0 Å². The fourth-order valence-electron chi connectivity index (χ4n) is 12.2. The standard InChI is InChI=1S/C64H44N2O/c1-63(2)50-24-12-9-21-45(50)46-36-35-44(39-55(46)63)66(43-19-7-4-8-20-43)57-29-16-27-53-61(57)60-52(26-15-28-56(60)65-42-33-31-41(32-34-42)40-17-5-3-6-18-40)64(53)51-25-13-10-23-49(51)59-54(64)38-37-48-47-22-11-14-30-58(47)67-62(48)59/h3-39,65H,1-2H3. The summed E-state index contributed by atoms with van der Waals surface area (Å²) in [7, 11) is 0. The number of rotatable bonds is 6. The fourth-order valence-corrected chi connectivity index (χ4v) is 12.2. The Morgan fingerprint density at radius 2 is 1.03 bits per heavy atom. The molecule has 0 amide bonds. The number of hydrogen-bond donors (Lipinski definition) is 1. The van der Waals surface area contributed by atoms with Crippen molar-refractivity contribution in [2.45, 2.75) is 24.7 Å². The second-order valence-corrected chi connectivity index (χ2v) is 18.8. The first-order valence-electron chi connectivity index (χ1n) is 23.3. The van der Waals surface area contributed by atoms with Crippen molar-refractivity contribution in [2.75, 3.05) is 10.2 Å². The largest absolute Gasteiger partial charge is 0.455 e. The molecule has 14 rings (SSSR count). The lowest BCUT2D eigenvalue weighted by Crippen LogP contribution is -2.26. The van der Waals surface area contributed by atoms with Gasteiger partial charge in [-0.2, -0.15) is 0 Å².